The summed E-state index contributed by atoms with van der Waals surface area (Å²) in [6, 6.07) is 1.02. The van der Waals surface area contributed by atoms with Crippen molar-refractivity contribution < 1.29 is 19.0 Å². The fraction of sp³-hybridized carbons (Fsp3) is 0.333. The zero-order chi connectivity index (χ0) is 12.5. The van der Waals surface area contributed by atoms with Crippen molar-refractivity contribution in [1.29, 1.82) is 0 Å². The van der Waals surface area contributed by atoms with Gasteiger partial charge in [0.25, 0.3) is 5.92 Å². The first-order chi connectivity index (χ1) is 7.29. The van der Waals surface area contributed by atoms with Gasteiger partial charge in [0.15, 0.2) is 0 Å². The molecule has 1 atom stereocenters. The summed E-state index contributed by atoms with van der Waals surface area (Å²) in [5.41, 5.74) is 5.17. The highest BCUT2D eigenvalue weighted by atomic mass is 79.9. The molecule has 0 unspecified atom stereocenters. The Morgan fingerprint density at radius 3 is 2.35 bits per heavy atom. The largest absolute Gasteiger partial charge is 0.506 e. The van der Waals surface area contributed by atoms with E-state index < -0.39 is 18.6 Å². The first-order valence-electron chi connectivity index (χ1n) is 4.21. The monoisotopic (exact) mass is 395 g/mol. The molecule has 4 N–H and O–H groups in total. The Bertz CT molecular complexity index is 407. The lowest BCUT2D eigenvalue weighted by molar-refractivity contribution is -0.0716. The molecule has 17 heavy (non-hydrogen) atoms. The van der Waals surface area contributed by atoms with Crippen LogP contribution in [0, 0.1) is 0 Å². The summed E-state index contributed by atoms with van der Waals surface area (Å²) in [6.45, 7) is -1.38. The van der Waals surface area contributed by atoms with Crippen LogP contribution in [-0.4, -0.2) is 22.7 Å². The molecule has 8 heteroatoms. The molecule has 0 aliphatic carbocycles. The highest BCUT2D eigenvalue weighted by Crippen LogP contribution is 2.39. The van der Waals surface area contributed by atoms with Gasteiger partial charge < -0.3 is 15.9 Å². The minimum absolute atomic E-state index is 0. The van der Waals surface area contributed by atoms with Crippen LogP contribution < -0.4 is 5.73 Å². The van der Waals surface area contributed by atoms with Crippen molar-refractivity contribution in [3.63, 3.8) is 0 Å². The Morgan fingerprint density at radius 1 is 1.35 bits per heavy atom. The second-order valence-corrected chi connectivity index (χ2v) is 4.99. The van der Waals surface area contributed by atoms with E-state index in [9.17, 15) is 13.9 Å². The summed E-state index contributed by atoms with van der Waals surface area (Å²) in [5, 5.41) is 18.1. The Kier molecular flexibility index (Phi) is 6.30. The van der Waals surface area contributed by atoms with Crippen LogP contribution in [-0.2, 0) is 0 Å². The Balaban J connectivity index is 0.00000256. The van der Waals surface area contributed by atoms with E-state index in [0.717, 1.165) is 0 Å². The van der Waals surface area contributed by atoms with Gasteiger partial charge in [-0.1, -0.05) is 15.9 Å². The number of phenols is 1. The third-order valence-corrected chi connectivity index (χ3v) is 3.12. The molecule has 0 aliphatic rings. The average Bonchev–Trinajstić information content (AvgIpc) is 2.22. The molecule has 0 amide bonds. The van der Waals surface area contributed by atoms with Crippen LogP contribution in [0.25, 0.3) is 0 Å². The van der Waals surface area contributed by atoms with Crippen molar-refractivity contribution in [3.05, 3.63) is 26.6 Å². The maximum atomic E-state index is 13.2. The van der Waals surface area contributed by atoms with Crippen molar-refractivity contribution in [2.75, 3.05) is 6.61 Å². The number of halogens is 5. The normalized spacial score (nSPS) is 13.1. The number of hydrogen-bond acceptors (Lipinski definition) is 3. The summed E-state index contributed by atoms with van der Waals surface area (Å²) in [7, 11) is 0. The summed E-state index contributed by atoms with van der Waals surface area (Å²) in [4.78, 5) is 0. The lowest BCUT2D eigenvalue weighted by Crippen LogP contribution is -2.36. The standard InChI is InChI=1S/C9H9Br2F2NO2.ClH/c10-4-1-5(7(16)6(11)2-4)8(14)9(12,13)3-15;/h1-2,8,15-16H,3,14H2;1H/t8-;/m0./s1. The van der Waals surface area contributed by atoms with Gasteiger partial charge in [0, 0.05) is 10.0 Å². The van der Waals surface area contributed by atoms with Gasteiger partial charge in [0.2, 0.25) is 0 Å². The van der Waals surface area contributed by atoms with Gasteiger partial charge >= 0.3 is 0 Å². The van der Waals surface area contributed by atoms with Crippen LogP contribution >= 0.6 is 44.3 Å². The van der Waals surface area contributed by atoms with Crippen LogP contribution in [0.5, 0.6) is 5.75 Å². The summed E-state index contributed by atoms with van der Waals surface area (Å²) in [5.74, 6) is -3.85. The Labute approximate surface area is 120 Å². The quantitative estimate of drug-likeness (QED) is 0.735. The fourth-order valence-corrected chi connectivity index (χ4v) is 2.41. The number of rotatable bonds is 3. The van der Waals surface area contributed by atoms with Crippen LogP contribution in [0.1, 0.15) is 11.6 Å². The predicted molar refractivity (Wildman–Crippen MR) is 69.7 cm³/mol. The van der Waals surface area contributed by atoms with E-state index in [-0.39, 0.29) is 28.2 Å². The van der Waals surface area contributed by atoms with E-state index in [2.05, 4.69) is 31.9 Å². The van der Waals surface area contributed by atoms with Crippen LogP contribution in [0.2, 0.25) is 0 Å². The minimum atomic E-state index is -3.49. The number of aromatic hydroxyl groups is 1. The molecular formula is C9H10Br2ClF2NO2. The molecule has 0 bridgehead atoms. The molecule has 3 nitrogen and oxygen atoms in total. The highest BCUT2D eigenvalue weighted by Gasteiger charge is 2.39. The molecule has 0 saturated heterocycles. The Morgan fingerprint density at radius 2 is 1.88 bits per heavy atom. The number of phenolic OH excluding ortho intramolecular Hbond substituents is 1. The first-order valence-corrected chi connectivity index (χ1v) is 5.80. The molecule has 98 valence electrons. The van der Waals surface area contributed by atoms with E-state index in [1.54, 1.807) is 0 Å². The molecule has 0 aliphatic heterocycles. The van der Waals surface area contributed by atoms with Gasteiger partial charge in [-0.25, -0.2) is 8.78 Å². The van der Waals surface area contributed by atoms with Crippen molar-refractivity contribution >= 4 is 44.3 Å². The maximum Gasteiger partial charge on any atom is 0.289 e. The average molecular weight is 397 g/mol. The highest BCUT2D eigenvalue weighted by molar-refractivity contribution is 9.11. The number of nitrogens with two attached hydrogens (primary N) is 1. The van der Waals surface area contributed by atoms with E-state index in [1.807, 2.05) is 0 Å². The summed E-state index contributed by atoms with van der Waals surface area (Å²) < 4.78 is 27.1. The third kappa shape index (κ3) is 3.75. The van der Waals surface area contributed by atoms with Gasteiger partial charge in [-0.05, 0) is 28.1 Å². The molecule has 0 radical (unpaired) electrons. The molecule has 0 aromatic heterocycles. The Hall–Kier alpha value is 0.0500. The van der Waals surface area contributed by atoms with Crippen LogP contribution in [0.3, 0.4) is 0 Å². The second-order valence-electron chi connectivity index (χ2n) is 3.22. The fourth-order valence-electron chi connectivity index (χ4n) is 1.15. The number of hydrogen-bond donors (Lipinski definition) is 3. The molecule has 1 aromatic rings. The van der Waals surface area contributed by atoms with E-state index >= 15 is 0 Å². The number of benzene rings is 1. The number of aliphatic hydroxyl groups excluding tert-OH is 1. The summed E-state index contributed by atoms with van der Waals surface area (Å²) in [6.07, 6.45) is 0. The summed E-state index contributed by atoms with van der Waals surface area (Å²) >= 11 is 6.11. The molecule has 0 spiro atoms. The molecule has 1 aromatic carbocycles. The van der Waals surface area contributed by atoms with Crippen molar-refractivity contribution in [2.45, 2.75) is 12.0 Å². The van der Waals surface area contributed by atoms with Gasteiger partial charge in [-0.2, -0.15) is 0 Å². The minimum Gasteiger partial charge on any atom is -0.506 e. The molecule has 0 saturated carbocycles. The molecule has 0 heterocycles. The van der Waals surface area contributed by atoms with Crippen molar-refractivity contribution in [1.82, 2.24) is 0 Å². The van der Waals surface area contributed by atoms with Crippen molar-refractivity contribution in [3.8, 4) is 5.75 Å². The van der Waals surface area contributed by atoms with E-state index in [0.29, 0.717) is 4.47 Å². The zero-order valence-corrected chi connectivity index (χ0v) is 12.3. The molecule has 1 rings (SSSR count). The topological polar surface area (TPSA) is 66.5 Å². The second kappa shape index (κ2) is 6.29. The number of aliphatic hydroxyl groups is 1. The lowest BCUT2D eigenvalue weighted by atomic mass is 10.0. The van der Waals surface area contributed by atoms with Gasteiger partial charge in [-0.15, -0.1) is 12.4 Å². The van der Waals surface area contributed by atoms with E-state index in [1.165, 1.54) is 12.1 Å². The molecular weight excluding hydrogens is 387 g/mol. The van der Waals surface area contributed by atoms with Gasteiger partial charge in [-0.3, -0.25) is 0 Å². The number of alkyl halides is 2. The zero-order valence-electron chi connectivity index (χ0n) is 8.33. The first kappa shape index (κ1) is 17.1. The van der Waals surface area contributed by atoms with Crippen LogP contribution in [0.4, 0.5) is 8.78 Å². The predicted octanol–water partition coefficient (Wildman–Crippen LogP) is 2.97. The van der Waals surface area contributed by atoms with Crippen molar-refractivity contribution in [2.24, 2.45) is 5.73 Å². The van der Waals surface area contributed by atoms with Crippen LogP contribution in [0.15, 0.2) is 21.1 Å². The third-order valence-electron chi connectivity index (χ3n) is 2.06. The van der Waals surface area contributed by atoms with Gasteiger partial charge in [0.1, 0.15) is 18.4 Å². The molecule has 0 fully saturated rings. The maximum absolute atomic E-state index is 13.2. The smallest absolute Gasteiger partial charge is 0.289 e. The van der Waals surface area contributed by atoms with Gasteiger partial charge in [0.05, 0.1) is 4.47 Å². The SMILES string of the molecule is Cl.N[C@@H](c1cc(Br)cc(Br)c1O)C(F)(F)CO. The van der Waals surface area contributed by atoms with E-state index in [4.69, 9.17) is 10.8 Å². The lowest BCUT2D eigenvalue weighted by Gasteiger charge is -2.23.